The second-order valence-corrected chi connectivity index (χ2v) is 2.55. The standard InChI is InChI=1S/C11H11NO2/c1-12-7-6-9-8-10(13-2)4-5-11(9)14-3/h4-8H,2-3H3/b7-6-. The molecule has 0 bridgehead atoms. The Bertz CT molecular complexity index is 377. The third-order valence-corrected chi connectivity index (χ3v) is 1.77. The van der Waals surface area contributed by atoms with Gasteiger partial charge in [0.1, 0.15) is 11.5 Å². The van der Waals surface area contributed by atoms with E-state index in [0.717, 1.165) is 17.1 Å². The van der Waals surface area contributed by atoms with Gasteiger partial charge in [-0.05, 0) is 18.2 Å². The molecule has 0 saturated carbocycles. The fourth-order valence-electron chi connectivity index (χ4n) is 1.09. The van der Waals surface area contributed by atoms with Gasteiger partial charge in [-0.3, -0.25) is 0 Å². The Labute approximate surface area is 83.4 Å². The number of nitrogens with zero attached hydrogens (tertiary/aromatic N) is 1. The first-order valence-corrected chi connectivity index (χ1v) is 4.07. The molecule has 0 aliphatic heterocycles. The maximum atomic E-state index is 6.64. The van der Waals surface area contributed by atoms with Crippen molar-refractivity contribution in [2.24, 2.45) is 0 Å². The molecule has 0 N–H and O–H groups in total. The summed E-state index contributed by atoms with van der Waals surface area (Å²) >= 11 is 0. The highest BCUT2D eigenvalue weighted by atomic mass is 16.5. The Morgan fingerprint density at radius 3 is 2.64 bits per heavy atom. The molecule has 0 heterocycles. The van der Waals surface area contributed by atoms with Gasteiger partial charge in [0.05, 0.1) is 20.8 Å². The maximum absolute atomic E-state index is 6.64. The lowest BCUT2D eigenvalue weighted by atomic mass is 10.2. The first kappa shape index (κ1) is 10.1. The first-order chi connectivity index (χ1) is 6.81. The minimum Gasteiger partial charge on any atom is -0.497 e. The SMILES string of the molecule is [C-]#[N+]/C=C\c1cc(OC)ccc1OC. The van der Waals surface area contributed by atoms with Gasteiger partial charge in [-0.2, -0.15) is 0 Å². The molecule has 0 aliphatic carbocycles. The Balaban J connectivity index is 3.09. The van der Waals surface area contributed by atoms with E-state index in [1.54, 1.807) is 20.3 Å². The summed E-state index contributed by atoms with van der Waals surface area (Å²) in [5.41, 5.74) is 0.836. The lowest BCUT2D eigenvalue weighted by molar-refractivity contribution is 0.402. The van der Waals surface area contributed by atoms with Crippen molar-refractivity contribution >= 4 is 6.08 Å². The molecule has 1 aromatic rings. The molecule has 0 radical (unpaired) electrons. The van der Waals surface area contributed by atoms with Crippen molar-refractivity contribution in [2.45, 2.75) is 0 Å². The Hall–Kier alpha value is -1.95. The van der Waals surface area contributed by atoms with Gasteiger partial charge in [-0.15, -0.1) is 0 Å². The van der Waals surface area contributed by atoms with E-state index in [2.05, 4.69) is 4.85 Å². The van der Waals surface area contributed by atoms with Crippen LogP contribution in [0.25, 0.3) is 10.9 Å². The lowest BCUT2D eigenvalue weighted by Gasteiger charge is -2.06. The lowest BCUT2D eigenvalue weighted by Crippen LogP contribution is -1.88. The molecular formula is C11H11NO2. The molecule has 1 aromatic carbocycles. The molecule has 0 saturated heterocycles. The van der Waals surface area contributed by atoms with Crippen molar-refractivity contribution in [2.75, 3.05) is 14.2 Å². The van der Waals surface area contributed by atoms with Crippen molar-refractivity contribution in [1.29, 1.82) is 0 Å². The van der Waals surface area contributed by atoms with Crippen molar-refractivity contribution < 1.29 is 9.47 Å². The smallest absolute Gasteiger partial charge is 0.154 e. The molecule has 3 heteroatoms. The van der Waals surface area contributed by atoms with Crippen molar-refractivity contribution in [3.63, 3.8) is 0 Å². The fourth-order valence-corrected chi connectivity index (χ4v) is 1.09. The summed E-state index contributed by atoms with van der Waals surface area (Å²) in [4.78, 5) is 3.13. The number of ether oxygens (including phenoxy) is 2. The third-order valence-electron chi connectivity index (χ3n) is 1.77. The van der Waals surface area contributed by atoms with Crippen molar-refractivity contribution in [3.05, 3.63) is 41.4 Å². The van der Waals surface area contributed by atoms with Gasteiger partial charge in [0.15, 0.2) is 6.20 Å². The Morgan fingerprint density at radius 2 is 2.07 bits per heavy atom. The van der Waals surface area contributed by atoms with Crippen LogP contribution in [0.15, 0.2) is 24.4 Å². The van der Waals surface area contributed by atoms with Crippen LogP contribution in [0.3, 0.4) is 0 Å². The van der Waals surface area contributed by atoms with Crippen molar-refractivity contribution in [3.8, 4) is 11.5 Å². The second kappa shape index (κ2) is 4.93. The van der Waals surface area contributed by atoms with E-state index in [-0.39, 0.29) is 0 Å². The average Bonchev–Trinajstić information content (AvgIpc) is 2.25. The van der Waals surface area contributed by atoms with Crippen LogP contribution in [-0.2, 0) is 0 Å². The van der Waals surface area contributed by atoms with E-state index in [4.69, 9.17) is 16.0 Å². The third kappa shape index (κ3) is 2.27. The van der Waals surface area contributed by atoms with Gasteiger partial charge in [-0.1, -0.05) is 6.08 Å². The van der Waals surface area contributed by atoms with Crippen LogP contribution in [0.1, 0.15) is 5.56 Å². The van der Waals surface area contributed by atoms with E-state index in [0.29, 0.717) is 0 Å². The van der Waals surface area contributed by atoms with Crippen LogP contribution in [-0.4, -0.2) is 14.2 Å². The Morgan fingerprint density at radius 1 is 1.29 bits per heavy atom. The summed E-state index contributed by atoms with van der Waals surface area (Å²) in [6.07, 6.45) is 3.08. The zero-order valence-corrected chi connectivity index (χ0v) is 8.15. The summed E-state index contributed by atoms with van der Waals surface area (Å²) in [5, 5.41) is 0. The van der Waals surface area contributed by atoms with Crippen LogP contribution in [0.5, 0.6) is 11.5 Å². The molecule has 72 valence electrons. The summed E-state index contributed by atoms with van der Waals surface area (Å²) in [5.74, 6) is 1.47. The van der Waals surface area contributed by atoms with Crippen molar-refractivity contribution in [1.82, 2.24) is 0 Å². The summed E-state index contributed by atoms with van der Waals surface area (Å²) in [7, 11) is 3.20. The Kier molecular flexibility index (Phi) is 3.57. The largest absolute Gasteiger partial charge is 0.497 e. The molecule has 14 heavy (non-hydrogen) atoms. The minimum absolute atomic E-state index is 0.728. The monoisotopic (exact) mass is 189 g/mol. The number of hydrogen-bond donors (Lipinski definition) is 0. The summed E-state index contributed by atoms with van der Waals surface area (Å²) in [6.45, 7) is 6.64. The quantitative estimate of drug-likeness (QED) is 0.682. The number of rotatable bonds is 3. The van der Waals surface area contributed by atoms with Gasteiger partial charge >= 0.3 is 0 Å². The molecule has 0 unspecified atom stereocenters. The summed E-state index contributed by atoms with van der Waals surface area (Å²) in [6, 6.07) is 5.44. The van der Waals surface area contributed by atoms with Gasteiger partial charge in [-0.25, -0.2) is 4.85 Å². The molecular weight excluding hydrogens is 178 g/mol. The maximum Gasteiger partial charge on any atom is 0.154 e. The molecule has 0 spiro atoms. The van der Waals surface area contributed by atoms with Gasteiger partial charge in [0.2, 0.25) is 0 Å². The van der Waals surface area contributed by atoms with Crippen LogP contribution >= 0.6 is 0 Å². The molecule has 1 rings (SSSR count). The number of methoxy groups -OCH3 is 2. The normalized spacial score (nSPS) is 9.79. The second-order valence-electron chi connectivity index (χ2n) is 2.55. The highest BCUT2D eigenvalue weighted by molar-refractivity contribution is 5.60. The van der Waals surface area contributed by atoms with E-state index in [1.807, 2.05) is 18.2 Å². The van der Waals surface area contributed by atoms with Crippen LogP contribution in [0.2, 0.25) is 0 Å². The van der Waals surface area contributed by atoms with Crippen LogP contribution in [0.4, 0.5) is 0 Å². The molecule has 0 aliphatic rings. The van der Waals surface area contributed by atoms with E-state index < -0.39 is 0 Å². The molecule has 0 atom stereocenters. The number of benzene rings is 1. The minimum atomic E-state index is 0.728. The van der Waals surface area contributed by atoms with Gasteiger partial charge in [0.25, 0.3) is 0 Å². The molecule has 3 nitrogen and oxygen atoms in total. The van der Waals surface area contributed by atoms with Gasteiger partial charge in [0, 0.05) is 5.56 Å². The molecule has 0 aromatic heterocycles. The van der Waals surface area contributed by atoms with E-state index >= 15 is 0 Å². The highest BCUT2D eigenvalue weighted by Crippen LogP contribution is 2.24. The van der Waals surface area contributed by atoms with Gasteiger partial charge < -0.3 is 9.47 Å². The topological polar surface area (TPSA) is 22.8 Å². The molecule has 0 fully saturated rings. The zero-order chi connectivity index (χ0) is 10.4. The predicted octanol–water partition coefficient (Wildman–Crippen LogP) is 2.59. The molecule has 0 amide bonds. The van der Waals surface area contributed by atoms with E-state index in [9.17, 15) is 0 Å². The highest BCUT2D eigenvalue weighted by Gasteiger charge is 2.00. The van der Waals surface area contributed by atoms with Crippen LogP contribution in [0, 0.1) is 6.57 Å². The van der Waals surface area contributed by atoms with E-state index in [1.165, 1.54) is 6.20 Å². The predicted molar refractivity (Wildman–Crippen MR) is 55.2 cm³/mol. The summed E-state index contributed by atoms with van der Waals surface area (Å²) < 4.78 is 10.2. The number of hydrogen-bond acceptors (Lipinski definition) is 2. The fraction of sp³-hybridized carbons (Fsp3) is 0.182. The van der Waals surface area contributed by atoms with Crippen LogP contribution < -0.4 is 9.47 Å². The first-order valence-electron chi connectivity index (χ1n) is 4.07. The zero-order valence-electron chi connectivity index (χ0n) is 8.15. The average molecular weight is 189 g/mol.